The molecule has 0 spiro atoms. The predicted octanol–water partition coefficient (Wildman–Crippen LogP) is 4.02. The van der Waals surface area contributed by atoms with Crippen molar-refractivity contribution in [1.29, 1.82) is 0 Å². The predicted molar refractivity (Wildman–Crippen MR) is 99.7 cm³/mol. The number of nitrogens with two attached hydrogens (primary N) is 1. The molecule has 0 aliphatic rings. The standard InChI is InChI=1S/C21H16F2N2O3/c22-17-7-5-15(6-8-17)20(24)25-28-21(26)16-3-1-14(2-4-16)13-27-19-11-9-18(23)10-12-19/h1-12H,13H2,(H2,24,25). The van der Waals surface area contributed by atoms with Crippen molar-refractivity contribution in [3.05, 3.63) is 101 Å². The van der Waals surface area contributed by atoms with Gasteiger partial charge in [-0.15, -0.1) is 0 Å². The molecule has 0 fully saturated rings. The highest BCUT2D eigenvalue weighted by Gasteiger charge is 2.08. The monoisotopic (exact) mass is 382 g/mol. The number of ether oxygens (including phenoxy) is 1. The molecule has 0 atom stereocenters. The molecule has 2 N–H and O–H groups in total. The third kappa shape index (κ3) is 5.14. The quantitative estimate of drug-likeness (QED) is 0.302. The lowest BCUT2D eigenvalue weighted by molar-refractivity contribution is 0.0516. The van der Waals surface area contributed by atoms with E-state index < -0.39 is 11.8 Å². The van der Waals surface area contributed by atoms with E-state index in [1.165, 1.54) is 48.5 Å². The molecule has 0 radical (unpaired) electrons. The molecular weight excluding hydrogens is 366 g/mol. The molecule has 28 heavy (non-hydrogen) atoms. The summed E-state index contributed by atoms with van der Waals surface area (Å²) in [5, 5.41) is 3.57. The maximum absolute atomic E-state index is 12.9. The lowest BCUT2D eigenvalue weighted by Gasteiger charge is -2.07. The van der Waals surface area contributed by atoms with Crippen LogP contribution in [0.4, 0.5) is 8.78 Å². The van der Waals surface area contributed by atoms with Gasteiger partial charge < -0.3 is 15.3 Å². The Kier molecular flexibility index (Phi) is 5.96. The molecule has 0 amide bonds. The lowest BCUT2D eigenvalue weighted by atomic mass is 10.1. The molecule has 3 rings (SSSR count). The Morgan fingerprint density at radius 3 is 1.96 bits per heavy atom. The van der Waals surface area contributed by atoms with Gasteiger partial charge in [0.1, 0.15) is 24.0 Å². The van der Waals surface area contributed by atoms with E-state index in [0.29, 0.717) is 11.3 Å². The zero-order chi connectivity index (χ0) is 19.9. The molecule has 3 aromatic carbocycles. The number of halogens is 2. The van der Waals surface area contributed by atoms with Crippen LogP contribution in [0.15, 0.2) is 78.0 Å². The minimum Gasteiger partial charge on any atom is -0.489 e. The summed E-state index contributed by atoms with van der Waals surface area (Å²) in [6.45, 7) is 0.261. The van der Waals surface area contributed by atoms with E-state index in [4.69, 9.17) is 15.3 Å². The third-order valence-corrected chi connectivity index (χ3v) is 3.78. The van der Waals surface area contributed by atoms with Gasteiger partial charge in [-0.3, -0.25) is 0 Å². The smallest absolute Gasteiger partial charge is 0.365 e. The van der Waals surface area contributed by atoms with Crippen molar-refractivity contribution in [2.75, 3.05) is 0 Å². The molecule has 142 valence electrons. The Hall–Kier alpha value is -3.74. The average molecular weight is 382 g/mol. The van der Waals surface area contributed by atoms with Crippen LogP contribution in [0.1, 0.15) is 21.5 Å². The van der Waals surface area contributed by atoms with E-state index in [0.717, 1.165) is 5.56 Å². The van der Waals surface area contributed by atoms with Crippen molar-refractivity contribution in [3.8, 4) is 5.75 Å². The highest BCUT2D eigenvalue weighted by atomic mass is 19.1. The fourth-order valence-electron chi connectivity index (χ4n) is 2.25. The van der Waals surface area contributed by atoms with E-state index in [9.17, 15) is 13.6 Å². The number of carbonyl (C=O) groups excluding carboxylic acids is 1. The van der Waals surface area contributed by atoms with Gasteiger partial charge in [0.2, 0.25) is 0 Å². The van der Waals surface area contributed by atoms with Crippen LogP contribution in [-0.2, 0) is 11.4 Å². The van der Waals surface area contributed by atoms with Crippen molar-refractivity contribution in [2.45, 2.75) is 6.61 Å². The SMILES string of the molecule is N/C(=N\OC(=O)c1ccc(COc2ccc(F)cc2)cc1)c1ccc(F)cc1. The van der Waals surface area contributed by atoms with E-state index in [2.05, 4.69) is 5.16 Å². The molecule has 3 aromatic rings. The molecule has 7 heteroatoms. The van der Waals surface area contributed by atoms with Crippen LogP contribution in [0, 0.1) is 11.6 Å². The van der Waals surface area contributed by atoms with Gasteiger partial charge in [-0.1, -0.05) is 17.3 Å². The molecule has 0 bridgehead atoms. The normalized spacial score (nSPS) is 11.1. The third-order valence-electron chi connectivity index (χ3n) is 3.78. The van der Waals surface area contributed by atoms with Crippen LogP contribution < -0.4 is 10.5 Å². The molecule has 0 heterocycles. The molecule has 0 aromatic heterocycles. The van der Waals surface area contributed by atoms with Gasteiger partial charge in [-0.25, -0.2) is 13.6 Å². The second-order valence-corrected chi connectivity index (χ2v) is 5.80. The molecule has 0 saturated carbocycles. The number of hydrogen-bond acceptors (Lipinski definition) is 4. The van der Waals surface area contributed by atoms with Crippen LogP contribution in [0.25, 0.3) is 0 Å². The molecule has 0 unspecified atom stereocenters. The fourth-order valence-corrected chi connectivity index (χ4v) is 2.25. The Labute approximate surface area is 160 Å². The number of benzene rings is 3. The van der Waals surface area contributed by atoms with Crippen LogP contribution in [-0.4, -0.2) is 11.8 Å². The van der Waals surface area contributed by atoms with Crippen molar-refractivity contribution in [2.24, 2.45) is 10.9 Å². The highest BCUT2D eigenvalue weighted by Crippen LogP contribution is 2.14. The first-order valence-electron chi connectivity index (χ1n) is 8.29. The Balaban J connectivity index is 1.56. The summed E-state index contributed by atoms with van der Waals surface area (Å²) in [4.78, 5) is 16.9. The van der Waals surface area contributed by atoms with Crippen molar-refractivity contribution < 1.29 is 23.1 Å². The maximum atomic E-state index is 12.9. The first-order valence-corrected chi connectivity index (χ1v) is 8.29. The number of amidine groups is 1. The van der Waals surface area contributed by atoms with Gasteiger partial charge in [-0.05, 0) is 66.2 Å². The second-order valence-electron chi connectivity index (χ2n) is 5.80. The largest absolute Gasteiger partial charge is 0.489 e. The van der Waals surface area contributed by atoms with E-state index in [1.807, 2.05) is 0 Å². The zero-order valence-corrected chi connectivity index (χ0v) is 14.6. The maximum Gasteiger partial charge on any atom is 0.365 e. The van der Waals surface area contributed by atoms with Gasteiger partial charge in [0.15, 0.2) is 5.84 Å². The number of rotatable bonds is 6. The molecular formula is C21H16F2N2O3. The van der Waals surface area contributed by atoms with E-state index >= 15 is 0 Å². The van der Waals surface area contributed by atoms with E-state index in [1.54, 1.807) is 24.3 Å². The average Bonchev–Trinajstić information content (AvgIpc) is 2.72. The summed E-state index contributed by atoms with van der Waals surface area (Å²) >= 11 is 0. The summed E-state index contributed by atoms with van der Waals surface area (Å²) in [7, 11) is 0. The summed E-state index contributed by atoms with van der Waals surface area (Å²) in [5.74, 6) is -0.931. The highest BCUT2D eigenvalue weighted by molar-refractivity contribution is 5.98. The number of nitrogens with zero attached hydrogens (tertiary/aromatic N) is 1. The van der Waals surface area contributed by atoms with Crippen LogP contribution >= 0.6 is 0 Å². The lowest BCUT2D eigenvalue weighted by Crippen LogP contribution is -2.15. The Morgan fingerprint density at radius 2 is 1.36 bits per heavy atom. The molecule has 0 aliphatic heterocycles. The Morgan fingerprint density at radius 1 is 0.821 bits per heavy atom. The molecule has 0 aliphatic carbocycles. The molecule has 5 nitrogen and oxygen atoms in total. The minimum absolute atomic E-state index is 0.0438. The fraction of sp³-hybridized carbons (Fsp3) is 0.0476. The number of oxime groups is 1. The summed E-state index contributed by atoms with van der Waals surface area (Å²) in [6.07, 6.45) is 0. The first-order chi connectivity index (χ1) is 13.5. The van der Waals surface area contributed by atoms with Gasteiger partial charge in [-0.2, -0.15) is 0 Å². The van der Waals surface area contributed by atoms with E-state index in [-0.39, 0.29) is 23.8 Å². The minimum atomic E-state index is -0.684. The summed E-state index contributed by atoms with van der Waals surface area (Å²) in [6, 6.07) is 17.5. The van der Waals surface area contributed by atoms with Crippen molar-refractivity contribution in [3.63, 3.8) is 0 Å². The van der Waals surface area contributed by atoms with Gasteiger partial charge in [0, 0.05) is 5.56 Å². The summed E-state index contributed by atoms with van der Waals surface area (Å²) < 4.78 is 31.3. The van der Waals surface area contributed by atoms with Crippen LogP contribution in [0.5, 0.6) is 5.75 Å². The van der Waals surface area contributed by atoms with Gasteiger partial charge >= 0.3 is 5.97 Å². The first kappa shape index (κ1) is 19.0. The van der Waals surface area contributed by atoms with Crippen molar-refractivity contribution >= 4 is 11.8 Å². The topological polar surface area (TPSA) is 73.9 Å². The zero-order valence-electron chi connectivity index (χ0n) is 14.6. The van der Waals surface area contributed by atoms with Gasteiger partial charge in [0.05, 0.1) is 5.56 Å². The number of hydrogen-bond donors (Lipinski definition) is 1. The second kappa shape index (κ2) is 8.77. The Bertz CT molecular complexity index is 970. The van der Waals surface area contributed by atoms with Crippen LogP contribution in [0.2, 0.25) is 0 Å². The van der Waals surface area contributed by atoms with Crippen LogP contribution in [0.3, 0.4) is 0 Å². The number of carbonyl (C=O) groups is 1. The summed E-state index contributed by atoms with van der Waals surface area (Å²) in [5.41, 5.74) is 7.24. The van der Waals surface area contributed by atoms with Gasteiger partial charge in [0.25, 0.3) is 0 Å². The molecule has 0 saturated heterocycles. The van der Waals surface area contributed by atoms with Crippen molar-refractivity contribution in [1.82, 2.24) is 0 Å².